The summed E-state index contributed by atoms with van der Waals surface area (Å²) in [5.74, 6) is -0.220. The smallest absolute Gasteiger partial charge is 0.338 e. The first-order valence-electron chi connectivity index (χ1n) is 6.87. The summed E-state index contributed by atoms with van der Waals surface area (Å²) in [6.07, 6.45) is -0.177. The van der Waals surface area contributed by atoms with Crippen molar-refractivity contribution >= 4 is 11.6 Å². The second-order valence-electron chi connectivity index (χ2n) is 5.29. The van der Waals surface area contributed by atoms with E-state index in [1.807, 2.05) is 0 Å². The molecule has 1 amide bonds. The summed E-state index contributed by atoms with van der Waals surface area (Å²) >= 11 is 0. The van der Waals surface area contributed by atoms with Crippen LogP contribution in [0.5, 0.6) is 0 Å². The van der Waals surface area contributed by atoms with Gasteiger partial charge in [-0.1, -0.05) is 0 Å². The summed E-state index contributed by atoms with van der Waals surface area (Å²) in [5.41, 5.74) is 1.11. The lowest BCUT2D eigenvalue weighted by Gasteiger charge is -2.32. The zero-order valence-corrected chi connectivity index (χ0v) is 11.9. The normalized spacial score (nSPS) is 17.4. The van der Waals surface area contributed by atoms with E-state index in [0.29, 0.717) is 11.2 Å². The van der Waals surface area contributed by atoms with Crippen molar-refractivity contribution in [1.29, 1.82) is 0 Å². The van der Waals surface area contributed by atoms with Crippen LogP contribution in [-0.2, 0) is 11.8 Å². The van der Waals surface area contributed by atoms with Gasteiger partial charge in [0, 0.05) is 32.5 Å². The van der Waals surface area contributed by atoms with Gasteiger partial charge in [0.15, 0.2) is 0 Å². The lowest BCUT2D eigenvalue weighted by Crippen LogP contribution is -2.42. The molecule has 6 nitrogen and oxygen atoms in total. The molecule has 2 aromatic heterocycles. The standard InChI is InChI=1S/C13H15F3N4O2/c1-18-6-7-20-11(18)10(8-17-20)12(21)19-4-2-9(3-5-19)22-13(14,15)16/h6-9H,2-5H2,1H3. The number of rotatable bonds is 2. The van der Waals surface area contributed by atoms with E-state index >= 15 is 0 Å². The van der Waals surface area contributed by atoms with Crippen LogP contribution in [-0.4, -0.2) is 50.5 Å². The van der Waals surface area contributed by atoms with E-state index in [2.05, 4.69) is 9.84 Å². The Balaban J connectivity index is 1.69. The van der Waals surface area contributed by atoms with E-state index in [0.717, 1.165) is 0 Å². The Bertz CT molecular complexity index is 683. The first kappa shape index (κ1) is 14.9. The molecular weight excluding hydrogens is 301 g/mol. The number of hydrogen-bond donors (Lipinski definition) is 0. The van der Waals surface area contributed by atoms with Crippen LogP contribution >= 0.6 is 0 Å². The monoisotopic (exact) mass is 316 g/mol. The summed E-state index contributed by atoms with van der Waals surface area (Å²) in [5, 5.41) is 4.09. The third-order valence-electron chi connectivity index (χ3n) is 3.79. The predicted octanol–water partition coefficient (Wildman–Crippen LogP) is 1.81. The van der Waals surface area contributed by atoms with Crippen molar-refractivity contribution in [1.82, 2.24) is 19.1 Å². The van der Waals surface area contributed by atoms with Crippen molar-refractivity contribution in [3.05, 3.63) is 24.2 Å². The van der Waals surface area contributed by atoms with E-state index in [1.54, 1.807) is 33.4 Å². The van der Waals surface area contributed by atoms with E-state index in [-0.39, 0.29) is 31.8 Å². The van der Waals surface area contributed by atoms with Gasteiger partial charge in [-0.25, -0.2) is 4.52 Å². The number of fused-ring (bicyclic) bond motifs is 1. The number of aromatic nitrogens is 3. The first-order valence-corrected chi connectivity index (χ1v) is 6.87. The number of halogens is 3. The second-order valence-corrected chi connectivity index (χ2v) is 5.29. The topological polar surface area (TPSA) is 51.8 Å². The van der Waals surface area contributed by atoms with Crippen LogP contribution < -0.4 is 0 Å². The number of ether oxygens (including phenoxy) is 1. The molecule has 0 saturated carbocycles. The third kappa shape index (κ3) is 2.80. The maximum absolute atomic E-state index is 12.5. The molecule has 0 aliphatic carbocycles. The molecule has 120 valence electrons. The Morgan fingerprint density at radius 1 is 1.32 bits per heavy atom. The number of piperidine rings is 1. The lowest BCUT2D eigenvalue weighted by molar-refractivity contribution is -0.345. The van der Waals surface area contributed by atoms with Crippen molar-refractivity contribution in [3.63, 3.8) is 0 Å². The van der Waals surface area contributed by atoms with Crippen LogP contribution in [0.1, 0.15) is 23.2 Å². The summed E-state index contributed by atoms with van der Waals surface area (Å²) < 4.78 is 43.9. The van der Waals surface area contributed by atoms with Crippen molar-refractivity contribution in [2.75, 3.05) is 13.1 Å². The minimum absolute atomic E-state index is 0.169. The van der Waals surface area contributed by atoms with E-state index < -0.39 is 12.5 Å². The molecule has 0 unspecified atom stereocenters. The zero-order valence-electron chi connectivity index (χ0n) is 11.9. The number of amides is 1. The van der Waals surface area contributed by atoms with Gasteiger partial charge in [0.25, 0.3) is 5.91 Å². The van der Waals surface area contributed by atoms with Crippen LogP contribution in [0.3, 0.4) is 0 Å². The number of hydrogen-bond acceptors (Lipinski definition) is 3. The third-order valence-corrected chi connectivity index (χ3v) is 3.79. The molecule has 1 fully saturated rings. The molecule has 0 atom stereocenters. The molecule has 0 radical (unpaired) electrons. The molecular formula is C13H15F3N4O2. The summed E-state index contributed by atoms with van der Waals surface area (Å²) in [7, 11) is 1.80. The number of imidazole rings is 1. The average molecular weight is 316 g/mol. The summed E-state index contributed by atoms with van der Waals surface area (Å²) in [4.78, 5) is 14.1. The van der Waals surface area contributed by atoms with Crippen molar-refractivity contribution in [3.8, 4) is 0 Å². The van der Waals surface area contributed by atoms with E-state index in [4.69, 9.17) is 0 Å². The van der Waals surface area contributed by atoms with E-state index in [9.17, 15) is 18.0 Å². The van der Waals surface area contributed by atoms with Gasteiger partial charge in [-0.2, -0.15) is 5.10 Å². The first-order chi connectivity index (χ1) is 10.3. The number of carbonyl (C=O) groups is 1. The van der Waals surface area contributed by atoms with Crippen LogP contribution in [0, 0.1) is 0 Å². The molecule has 1 aliphatic heterocycles. The van der Waals surface area contributed by atoms with Crippen LogP contribution in [0.15, 0.2) is 18.6 Å². The molecule has 1 aliphatic rings. The zero-order chi connectivity index (χ0) is 15.9. The molecule has 0 N–H and O–H groups in total. The van der Waals surface area contributed by atoms with Crippen molar-refractivity contribution < 1.29 is 22.7 Å². The average Bonchev–Trinajstić information content (AvgIpc) is 3.01. The van der Waals surface area contributed by atoms with E-state index in [1.165, 1.54) is 6.20 Å². The fraction of sp³-hybridized carbons (Fsp3) is 0.538. The highest BCUT2D eigenvalue weighted by atomic mass is 19.4. The van der Waals surface area contributed by atoms with Crippen molar-refractivity contribution in [2.24, 2.45) is 7.05 Å². The van der Waals surface area contributed by atoms with Crippen LogP contribution in [0.4, 0.5) is 13.2 Å². The van der Waals surface area contributed by atoms with Gasteiger partial charge in [-0.15, -0.1) is 13.2 Å². The Kier molecular flexibility index (Phi) is 3.59. The van der Waals surface area contributed by atoms with Gasteiger partial charge >= 0.3 is 6.36 Å². The highest BCUT2D eigenvalue weighted by Gasteiger charge is 2.36. The maximum Gasteiger partial charge on any atom is 0.522 e. The summed E-state index contributed by atoms with van der Waals surface area (Å²) in [6.45, 7) is 0.475. The van der Waals surface area contributed by atoms with Crippen LogP contribution in [0.2, 0.25) is 0 Å². The van der Waals surface area contributed by atoms with Crippen LogP contribution in [0.25, 0.3) is 5.65 Å². The van der Waals surface area contributed by atoms with Gasteiger partial charge in [-0.05, 0) is 12.8 Å². The highest BCUT2D eigenvalue weighted by Crippen LogP contribution is 2.25. The minimum atomic E-state index is -4.63. The quantitative estimate of drug-likeness (QED) is 0.849. The number of likely N-dealkylation sites (tertiary alicyclic amines) is 1. The fourth-order valence-electron chi connectivity index (χ4n) is 2.74. The molecule has 0 spiro atoms. The molecule has 9 heteroatoms. The highest BCUT2D eigenvalue weighted by molar-refractivity contribution is 5.99. The fourth-order valence-corrected chi connectivity index (χ4v) is 2.74. The molecule has 1 saturated heterocycles. The minimum Gasteiger partial charge on any atom is -0.338 e. The Hall–Kier alpha value is -2.03. The Morgan fingerprint density at radius 3 is 2.64 bits per heavy atom. The Morgan fingerprint density at radius 2 is 2.00 bits per heavy atom. The maximum atomic E-state index is 12.5. The summed E-state index contributed by atoms with van der Waals surface area (Å²) in [6, 6.07) is 0. The van der Waals surface area contributed by atoms with Crippen molar-refractivity contribution in [2.45, 2.75) is 25.3 Å². The Labute approximate surface area is 124 Å². The lowest BCUT2D eigenvalue weighted by atomic mass is 10.1. The largest absolute Gasteiger partial charge is 0.522 e. The molecule has 0 aromatic carbocycles. The molecule has 22 heavy (non-hydrogen) atoms. The number of nitrogens with zero attached hydrogens (tertiary/aromatic N) is 4. The second kappa shape index (κ2) is 5.31. The SMILES string of the molecule is Cn1ccn2ncc(C(=O)N3CCC(OC(F)(F)F)CC3)c12. The van der Waals surface area contributed by atoms with Gasteiger partial charge in [0.2, 0.25) is 0 Å². The van der Waals surface area contributed by atoms with Gasteiger partial charge < -0.3 is 9.47 Å². The number of carbonyl (C=O) groups excluding carboxylic acids is 1. The predicted molar refractivity (Wildman–Crippen MR) is 70.2 cm³/mol. The van der Waals surface area contributed by atoms with Gasteiger partial charge in [0.1, 0.15) is 11.2 Å². The molecule has 2 aromatic rings. The molecule has 3 heterocycles. The molecule has 0 bridgehead atoms. The molecule has 3 rings (SSSR count). The number of alkyl halides is 3. The number of aryl methyl sites for hydroxylation is 1. The van der Waals surface area contributed by atoms with Gasteiger partial charge in [0.05, 0.1) is 12.3 Å². The van der Waals surface area contributed by atoms with Gasteiger partial charge in [-0.3, -0.25) is 9.53 Å².